The predicted molar refractivity (Wildman–Crippen MR) is 84.9 cm³/mol. The minimum absolute atomic E-state index is 0.343. The molecule has 0 aliphatic heterocycles. The smallest absolute Gasteiger partial charge is 0.256 e. The number of aliphatic hydroxyl groups is 1. The molecule has 1 amide bonds. The van der Waals surface area contributed by atoms with Crippen molar-refractivity contribution in [2.45, 2.75) is 25.4 Å². The van der Waals surface area contributed by atoms with Gasteiger partial charge in [-0.1, -0.05) is 30.3 Å². The second-order valence-corrected chi connectivity index (χ2v) is 5.34. The summed E-state index contributed by atoms with van der Waals surface area (Å²) in [6.45, 7) is 1.53. The van der Waals surface area contributed by atoms with Crippen LogP contribution in [0.5, 0.6) is 0 Å². The molecular formula is C17H20N2O2. The third-order valence-electron chi connectivity index (χ3n) is 3.40. The molecule has 4 N–H and O–H groups in total. The van der Waals surface area contributed by atoms with Gasteiger partial charge in [0.15, 0.2) is 0 Å². The molecule has 0 radical (unpaired) electrons. The molecule has 0 bridgehead atoms. The van der Waals surface area contributed by atoms with E-state index in [1.165, 1.54) is 6.92 Å². The maximum atomic E-state index is 12.1. The first-order valence-corrected chi connectivity index (χ1v) is 6.91. The van der Waals surface area contributed by atoms with E-state index in [2.05, 4.69) is 5.32 Å². The molecule has 4 heteroatoms. The third kappa shape index (κ3) is 4.33. The van der Waals surface area contributed by atoms with Crippen molar-refractivity contribution in [3.63, 3.8) is 0 Å². The number of nitrogens with one attached hydrogen (secondary N) is 1. The van der Waals surface area contributed by atoms with Crippen LogP contribution in [-0.4, -0.2) is 16.6 Å². The maximum Gasteiger partial charge on any atom is 0.256 e. The first-order valence-electron chi connectivity index (χ1n) is 6.91. The molecule has 2 rings (SSSR count). The fourth-order valence-corrected chi connectivity index (χ4v) is 1.97. The minimum Gasteiger partial charge on any atom is -0.399 e. The van der Waals surface area contributed by atoms with E-state index in [9.17, 15) is 9.90 Å². The molecule has 4 nitrogen and oxygen atoms in total. The molecule has 1 atom stereocenters. The molecule has 0 aliphatic rings. The zero-order valence-corrected chi connectivity index (χ0v) is 12.0. The van der Waals surface area contributed by atoms with E-state index in [1.54, 1.807) is 12.1 Å². The van der Waals surface area contributed by atoms with E-state index in [0.29, 0.717) is 24.2 Å². The Morgan fingerprint density at radius 3 is 2.38 bits per heavy atom. The van der Waals surface area contributed by atoms with Crippen LogP contribution >= 0.6 is 0 Å². The highest BCUT2D eigenvalue weighted by molar-refractivity contribution is 5.96. The highest BCUT2D eigenvalue weighted by Crippen LogP contribution is 2.18. The van der Waals surface area contributed by atoms with Crippen molar-refractivity contribution in [2.24, 2.45) is 0 Å². The summed E-state index contributed by atoms with van der Waals surface area (Å²) >= 11 is 0. The Kier molecular flexibility index (Phi) is 4.60. The number of rotatable bonds is 5. The molecule has 0 heterocycles. The molecule has 2 aromatic rings. The number of benzene rings is 2. The number of nitrogens with two attached hydrogens (primary N) is 1. The largest absolute Gasteiger partial charge is 0.399 e. The third-order valence-corrected chi connectivity index (χ3v) is 3.40. The highest BCUT2D eigenvalue weighted by Gasteiger charge is 2.29. The first kappa shape index (κ1) is 15.1. The zero-order chi connectivity index (χ0) is 15.3. The number of nitrogen functional groups attached to an aromatic ring is 1. The lowest BCUT2D eigenvalue weighted by Crippen LogP contribution is -2.40. The van der Waals surface area contributed by atoms with Gasteiger partial charge in [0.1, 0.15) is 5.60 Å². The quantitative estimate of drug-likeness (QED) is 0.739. The standard InChI is InChI=1S/C17H20N2O2/c1-17(21,12-11-13-7-9-14(18)10-8-13)16(20)19-15-5-3-2-4-6-15/h2-10,21H,11-12,18H2,1H3,(H,19,20)/t17-/m0/s1. The van der Waals surface area contributed by atoms with Gasteiger partial charge < -0.3 is 16.2 Å². The average molecular weight is 284 g/mol. The van der Waals surface area contributed by atoms with Gasteiger partial charge in [0.25, 0.3) is 5.91 Å². The van der Waals surface area contributed by atoms with E-state index < -0.39 is 11.5 Å². The van der Waals surface area contributed by atoms with Crippen LogP contribution in [0, 0.1) is 0 Å². The summed E-state index contributed by atoms with van der Waals surface area (Å²) in [5, 5.41) is 13.0. The van der Waals surface area contributed by atoms with Crippen LogP contribution in [0.25, 0.3) is 0 Å². The lowest BCUT2D eigenvalue weighted by Gasteiger charge is -2.22. The normalized spacial score (nSPS) is 13.4. The van der Waals surface area contributed by atoms with Gasteiger partial charge in [-0.2, -0.15) is 0 Å². The van der Waals surface area contributed by atoms with Crippen LogP contribution < -0.4 is 11.1 Å². The molecule has 0 aliphatic carbocycles. The van der Waals surface area contributed by atoms with Crippen molar-refractivity contribution in [2.75, 3.05) is 11.1 Å². The van der Waals surface area contributed by atoms with Gasteiger partial charge in [-0.25, -0.2) is 0 Å². The SMILES string of the molecule is C[C@](O)(CCc1ccc(N)cc1)C(=O)Nc1ccccc1. The second kappa shape index (κ2) is 6.41. The van der Waals surface area contributed by atoms with Gasteiger partial charge in [-0.05, 0) is 49.6 Å². The Hall–Kier alpha value is -2.33. The summed E-state index contributed by atoms with van der Waals surface area (Å²) in [6, 6.07) is 16.5. The van der Waals surface area contributed by atoms with E-state index in [-0.39, 0.29) is 0 Å². The van der Waals surface area contributed by atoms with E-state index in [4.69, 9.17) is 5.73 Å². The van der Waals surface area contributed by atoms with Crippen LogP contribution in [0.15, 0.2) is 54.6 Å². The van der Waals surface area contributed by atoms with Gasteiger partial charge in [0, 0.05) is 11.4 Å². The zero-order valence-electron chi connectivity index (χ0n) is 12.0. The van der Waals surface area contributed by atoms with Crippen LogP contribution in [-0.2, 0) is 11.2 Å². The first-order chi connectivity index (χ1) is 9.97. The number of carbonyl (C=O) groups is 1. The molecule has 110 valence electrons. The molecule has 0 saturated heterocycles. The Bertz CT molecular complexity index is 592. The Morgan fingerprint density at radius 2 is 1.76 bits per heavy atom. The van der Waals surface area contributed by atoms with Gasteiger partial charge in [-0.3, -0.25) is 4.79 Å². The van der Waals surface area contributed by atoms with Gasteiger partial charge >= 0.3 is 0 Å². The van der Waals surface area contributed by atoms with E-state index in [1.807, 2.05) is 42.5 Å². The van der Waals surface area contributed by atoms with Crippen molar-refractivity contribution >= 4 is 17.3 Å². The summed E-state index contributed by atoms with van der Waals surface area (Å²) in [7, 11) is 0. The number of aryl methyl sites for hydroxylation is 1. The molecule has 0 spiro atoms. The van der Waals surface area contributed by atoms with E-state index >= 15 is 0 Å². The number of hydrogen-bond donors (Lipinski definition) is 3. The topological polar surface area (TPSA) is 75.3 Å². The lowest BCUT2D eigenvalue weighted by molar-refractivity contribution is -0.132. The monoisotopic (exact) mass is 284 g/mol. The average Bonchev–Trinajstić information content (AvgIpc) is 2.48. The second-order valence-electron chi connectivity index (χ2n) is 5.34. The van der Waals surface area contributed by atoms with Gasteiger partial charge in [-0.15, -0.1) is 0 Å². The number of para-hydroxylation sites is 1. The summed E-state index contributed by atoms with van der Waals surface area (Å²) in [6.07, 6.45) is 0.949. The van der Waals surface area contributed by atoms with Crippen molar-refractivity contribution in [1.29, 1.82) is 0 Å². The van der Waals surface area contributed by atoms with Crippen LogP contribution in [0.1, 0.15) is 18.9 Å². The van der Waals surface area contributed by atoms with Crippen molar-refractivity contribution in [1.82, 2.24) is 0 Å². The molecule has 0 fully saturated rings. The summed E-state index contributed by atoms with van der Waals surface area (Å²) < 4.78 is 0. The molecule has 0 aromatic heterocycles. The molecule has 2 aromatic carbocycles. The lowest BCUT2D eigenvalue weighted by atomic mass is 9.95. The van der Waals surface area contributed by atoms with E-state index in [0.717, 1.165) is 5.56 Å². The maximum absolute atomic E-state index is 12.1. The summed E-state index contributed by atoms with van der Waals surface area (Å²) in [4.78, 5) is 12.1. The van der Waals surface area contributed by atoms with Crippen molar-refractivity contribution < 1.29 is 9.90 Å². The van der Waals surface area contributed by atoms with Crippen molar-refractivity contribution in [3.05, 3.63) is 60.2 Å². The molecular weight excluding hydrogens is 264 g/mol. The van der Waals surface area contributed by atoms with Gasteiger partial charge in [0.2, 0.25) is 0 Å². The fraction of sp³-hybridized carbons (Fsp3) is 0.235. The Labute approximate surface area is 124 Å². The molecule has 0 saturated carbocycles. The Morgan fingerprint density at radius 1 is 1.14 bits per heavy atom. The van der Waals surface area contributed by atoms with Crippen LogP contribution in [0.4, 0.5) is 11.4 Å². The molecule has 21 heavy (non-hydrogen) atoms. The number of anilines is 2. The van der Waals surface area contributed by atoms with Crippen molar-refractivity contribution in [3.8, 4) is 0 Å². The minimum atomic E-state index is -1.42. The Balaban J connectivity index is 1.94. The molecule has 0 unspecified atom stereocenters. The van der Waals surface area contributed by atoms with Crippen LogP contribution in [0.2, 0.25) is 0 Å². The highest BCUT2D eigenvalue weighted by atomic mass is 16.3. The number of amides is 1. The number of hydrogen-bond acceptors (Lipinski definition) is 3. The summed E-state index contributed by atoms with van der Waals surface area (Å²) in [5.41, 5.74) is 6.63. The fourth-order valence-electron chi connectivity index (χ4n) is 1.97. The van der Waals surface area contributed by atoms with Gasteiger partial charge in [0.05, 0.1) is 0 Å². The number of carbonyl (C=O) groups excluding carboxylic acids is 1. The summed E-state index contributed by atoms with van der Waals surface area (Å²) in [5.74, 6) is -0.399. The predicted octanol–water partition coefficient (Wildman–Crippen LogP) is 2.59. The van der Waals surface area contributed by atoms with Crippen LogP contribution in [0.3, 0.4) is 0 Å².